The molecule has 1 amide bonds. The highest BCUT2D eigenvalue weighted by Crippen LogP contribution is 2.39. The van der Waals surface area contributed by atoms with E-state index in [1.54, 1.807) is 11.8 Å². The standard InChI is InChI=1S/C18H14N4OS/c23-17-14-11-19-22-16(14)20-18(21-17)24-15(12-7-3-1-4-8-12)13-9-5-2-6-10-13/h1-11,15,18H,(H,21,23). The number of thioether (sulfide) groups is 1. The minimum absolute atomic E-state index is 0.0610. The molecule has 0 fully saturated rings. The van der Waals surface area contributed by atoms with Crippen LogP contribution in [0.5, 0.6) is 0 Å². The highest BCUT2D eigenvalue weighted by atomic mass is 32.2. The minimum Gasteiger partial charge on any atom is -0.321 e. The second-order valence-corrected chi connectivity index (χ2v) is 6.56. The Morgan fingerprint density at radius 2 is 1.58 bits per heavy atom. The summed E-state index contributed by atoms with van der Waals surface area (Å²) in [5.74, 6) is 0.235. The van der Waals surface area contributed by atoms with Crippen LogP contribution in [0.3, 0.4) is 0 Å². The van der Waals surface area contributed by atoms with Crippen LogP contribution in [-0.4, -0.2) is 17.2 Å². The number of amidine groups is 1. The summed E-state index contributed by atoms with van der Waals surface area (Å²) >= 11 is 1.58. The zero-order valence-electron chi connectivity index (χ0n) is 12.7. The predicted octanol–water partition coefficient (Wildman–Crippen LogP) is 3.67. The summed E-state index contributed by atoms with van der Waals surface area (Å²) in [6.07, 6.45) is 1.45. The molecule has 1 atom stereocenters. The SMILES string of the molecule is O=C1NC(SC(c2ccccc2)c2ccccc2)N=C2N=NC=C12. The number of aliphatic imine (C=N–C) groups is 1. The molecule has 2 aliphatic heterocycles. The summed E-state index contributed by atoms with van der Waals surface area (Å²) in [6, 6.07) is 20.4. The number of carbonyl (C=O) groups is 1. The van der Waals surface area contributed by atoms with Gasteiger partial charge in [0.2, 0.25) is 0 Å². The van der Waals surface area contributed by atoms with E-state index in [2.05, 4.69) is 44.8 Å². The maximum atomic E-state index is 12.1. The zero-order valence-corrected chi connectivity index (χ0v) is 13.5. The highest BCUT2D eigenvalue weighted by molar-refractivity contribution is 8.00. The van der Waals surface area contributed by atoms with Crippen molar-refractivity contribution in [2.24, 2.45) is 15.2 Å². The Kier molecular flexibility index (Phi) is 3.96. The first-order valence-corrected chi connectivity index (χ1v) is 8.51. The fourth-order valence-electron chi connectivity index (χ4n) is 2.64. The van der Waals surface area contributed by atoms with Crippen LogP contribution in [0.2, 0.25) is 0 Å². The van der Waals surface area contributed by atoms with Crippen molar-refractivity contribution >= 4 is 23.5 Å². The van der Waals surface area contributed by atoms with Crippen molar-refractivity contribution in [3.05, 3.63) is 83.6 Å². The maximum absolute atomic E-state index is 12.1. The van der Waals surface area contributed by atoms with E-state index < -0.39 is 5.50 Å². The Balaban J connectivity index is 1.66. The smallest absolute Gasteiger partial charge is 0.259 e. The monoisotopic (exact) mass is 334 g/mol. The van der Waals surface area contributed by atoms with E-state index in [1.807, 2.05) is 36.4 Å². The summed E-state index contributed by atoms with van der Waals surface area (Å²) in [6.45, 7) is 0. The van der Waals surface area contributed by atoms with Gasteiger partial charge in [0, 0.05) is 0 Å². The third kappa shape index (κ3) is 2.88. The Morgan fingerprint density at radius 1 is 0.958 bits per heavy atom. The molecule has 0 radical (unpaired) electrons. The van der Waals surface area contributed by atoms with Gasteiger partial charge in [0.15, 0.2) is 11.3 Å². The first-order chi connectivity index (χ1) is 11.8. The Bertz CT molecular complexity index is 806. The predicted molar refractivity (Wildman–Crippen MR) is 94.6 cm³/mol. The third-order valence-corrected chi connectivity index (χ3v) is 5.09. The second kappa shape index (κ2) is 6.41. The second-order valence-electron chi connectivity index (χ2n) is 5.37. The van der Waals surface area contributed by atoms with E-state index in [0.717, 1.165) is 11.1 Å². The summed E-state index contributed by atoms with van der Waals surface area (Å²) in [5, 5.41) is 10.7. The number of hydrogen-bond acceptors (Lipinski definition) is 5. The number of nitrogens with zero attached hydrogens (tertiary/aromatic N) is 3. The van der Waals surface area contributed by atoms with E-state index in [9.17, 15) is 4.79 Å². The van der Waals surface area contributed by atoms with Crippen molar-refractivity contribution in [1.82, 2.24) is 5.32 Å². The molecule has 2 heterocycles. The summed E-state index contributed by atoms with van der Waals surface area (Å²) < 4.78 is 0. The van der Waals surface area contributed by atoms with Gasteiger partial charge in [-0.25, -0.2) is 4.99 Å². The van der Waals surface area contributed by atoms with Crippen molar-refractivity contribution < 1.29 is 4.79 Å². The number of benzene rings is 2. The van der Waals surface area contributed by atoms with Gasteiger partial charge in [-0.05, 0) is 11.1 Å². The fourth-order valence-corrected chi connectivity index (χ4v) is 3.86. The fraction of sp³-hybridized carbons (Fsp3) is 0.111. The lowest BCUT2D eigenvalue weighted by atomic mass is 10.0. The lowest BCUT2D eigenvalue weighted by Gasteiger charge is -2.25. The van der Waals surface area contributed by atoms with E-state index in [1.165, 1.54) is 6.20 Å². The zero-order chi connectivity index (χ0) is 16.4. The van der Waals surface area contributed by atoms with Crippen molar-refractivity contribution in [3.8, 4) is 0 Å². The van der Waals surface area contributed by atoms with Crippen molar-refractivity contribution in [1.29, 1.82) is 0 Å². The molecule has 0 saturated carbocycles. The van der Waals surface area contributed by atoms with Gasteiger partial charge >= 0.3 is 0 Å². The quantitative estimate of drug-likeness (QED) is 0.927. The number of nitrogens with one attached hydrogen (secondary N) is 1. The van der Waals surface area contributed by atoms with Crippen molar-refractivity contribution in [3.63, 3.8) is 0 Å². The van der Waals surface area contributed by atoms with Crippen molar-refractivity contribution in [2.45, 2.75) is 10.7 Å². The summed E-state index contributed by atoms with van der Waals surface area (Å²) in [4.78, 5) is 16.7. The first-order valence-electron chi connectivity index (χ1n) is 7.57. The maximum Gasteiger partial charge on any atom is 0.259 e. The van der Waals surface area contributed by atoms with Crippen LogP contribution < -0.4 is 5.32 Å². The Morgan fingerprint density at radius 3 is 2.21 bits per heavy atom. The lowest BCUT2D eigenvalue weighted by Crippen LogP contribution is -2.39. The van der Waals surface area contributed by atoms with Crippen LogP contribution in [0.15, 0.2) is 87.7 Å². The molecule has 2 aliphatic rings. The molecule has 118 valence electrons. The minimum atomic E-state index is -0.396. The average molecular weight is 334 g/mol. The van der Waals surface area contributed by atoms with Gasteiger partial charge in [0.05, 0.1) is 11.4 Å². The number of hydrogen-bond donors (Lipinski definition) is 1. The largest absolute Gasteiger partial charge is 0.321 e. The van der Waals surface area contributed by atoms with Gasteiger partial charge in [-0.1, -0.05) is 60.7 Å². The van der Waals surface area contributed by atoms with Crippen molar-refractivity contribution in [2.75, 3.05) is 0 Å². The van der Waals surface area contributed by atoms with Gasteiger partial charge in [0.1, 0.15) is 5.57 Å². The molecule has 2 aromatic rings. The van der Waals surface area contributed by atoms with E-state index in [0.29, 0.717) is 11.4 Å². The van der Waals surface area contributed by atoms with Gasteiger partial charge in [-0.3, -0.25) is 4.79 Å². The van der Waals surface area contributed by atoms with Crippen LogP contribution in [0.1, 0.15) is 16.4 Å². The molecule has 1 unspecified atom stereocenters. The molecule has 24 heavy (non-hydrogen) atoms. The number of rotatable bonds is 4. The molecule has 0 saturated heterocycles. The molecule has 1 N–H and O–H groups in total. The lowest BCUT2D eigenvalue weighted by molar-refractivity contribution is -0.117. The molecular weight excluding hydrogens is 320 g/mol. The van der Waals surface area contributed by atoms with Gasteiger partial charge in [0.25, 0.3) is 5.91 Å². The Labute approximate surface area is 143 Å². The average Bonchev–Trinajstić information content (AvgIpc) is 3.10. The van der Waals surface area contributed by atoms with E-state index >= 15 is 0 Å². The molecule has 0 bridgehead atoms. The number of amides is 1. The molecule has 6 heteroatoms. The first kappa shape index (κ1) is 14.8. The summed E-state index contributed by atoms with van der Waals surface area (Å²) in [7, 11) is 0. The number of fused-ring (bicyclic) bond motifs is 1. The summed E-state index contributed by atoms with van der Waals surface area (Å²) in [5.41, 5.74) is 2.37. The molecular formula is C18H14N4OS. The van der Waals surface area contributed by atoms with Crippen LogP contribution >= 0.6 is 11.8 Å². The van der Waals surface area contributed by atoms with Crippen LogP contribution in [0, 0.1) is 0 Å². The highest BCUT2D eigenvalue weighted by Gasteiger charge is 2.30. The Hall–Kier alpha value is -2.73. The number of carbonyl (C=O) groups excluding carboxylic acids is 1. The van der Waals surface area contributed by atoms with Crippen LogP contribution in [0.4, 0.5) is 0 Å². The van der Waals surface area contributed by atoms with Crippen LogP contribution in [-0.2, 0) is 4.79 Å². The molecule has 4 rings (SSSR count). The van der Waals surface area contributed by atoms with E-state index in [4.69, 9.17) is 0 Å². The topological polar surface area (TPSA) is 66.2 Å². The van der Waals surface area contributed by atoms with Gasteiger partial charge < -0.3 is 5.32 Å². The van der Waals surface area contributed by atoms with Gasteiger partial charge in [-0.15, -0.1) is 16.9 Å². The molecule has 0 aliphatic carbocycles. The molecule has 5 nitrogen and oxygen atoms in total. The normalized spacial score (nSPS) is 18.9. The van der Waals surface area contributed by atoms with Gasteiger partial charge in [-0.2, -0.15) is 5.11 Å². The molecule has 0 aromatic heterocycles. The van der Waals surface area contributed by atoms with E-state index in [-0.39, 0.29) is 11.2 Å². The number of azo groups is 1. The molecule has 2 aromatic carbocycles. The third-order valence-electron chi connectivity index (χ3n) is 3.79. The van der Waals surface area contributed by atoms with Crippen LogP contribution in [0.25, 0.3) is 0 Å². The molecule has 0 spiro atoms.